The van der Waals surface area contributed by atoms with Crippen molar-refractivity contribution in [1.29, 1.82) is 0 Å². The largest absolute Gasteiger partial charge is 0.376 e. The van der Waals surface area contributed by atoms with E-state index in [1.54, 1.807) is 0 Å². The van der Waals surface area contributed by atoms with E-state index in [1.807, 2.05) is 0 Å². The van der Waals surface area contributed by atoms with Crippen molar-refractivity contribution in [2.75, 3.05) is 0 Å². The van der Waals surface area contributed by atoms with Crippen molar-refractivity contribution in [1.82, 2.24) is 5.32 Å². The molecule has 0 aliphatic carbocycles. The van der Waals surface area contributed by atoms with Crippen LogP contribution in [0, 0.1) is 5.41 Å². The molecule has 0 spiro atoms. The molecule has 1 saturated heterocycles. The second-order valence-corrected chi connectivity index (χ2v) is 4.52. The van der Waals surface area contributed by atoms with Gasteiger partial charge in [-0.15, -0.1) is 0 Å². The Morgan fingerprint density at radius 2 is 2.10 bits per heavy atom. The third-order valence-corrected chi connectivity index (χ3v) is 2.36. The van der Waals surface area contributed by atoms with Gasteiger partial charge in [0.15, 0.2) is 0 Å². The molecule has 0 saturated carbocycles. The summed E-state index contributed by atoms with van der Waals surface area (Å²) in [6.45, 7) is 6.75. The number of rotatable bonds is 0. The van der Waals surface area contributed by atoms with Crippen LogP contribution in [0.4, 0.5) is 0 Å². The second-order valence-electron chi connectivity index (χ2n) is 4.02. The molecule has 0 aromatic carbocycles. The third-order valence-electron chi connectivity index (χ3n) is 2.04. The average Bonchev–Trinajstić information content (AvgIpc) is 2.11. The van der Waals surface area contributed by atoms with Crippen LogP contribution in [0.1, 0.15) is 33.6 Å². The fraction of sp³-hybridized carbons (Fsp3) is 0.875. The van der Waals surface area contributed by atoms with Crippen LogP contribution in [-0.2, 0) is 0 Å². The molecular weight excluding hydrogens is 142 g/mol. The highest BCUT2D eigenvalue weighted by Gasteiger charge is 2.28. The maximum Gasteiger partial charge on any atom is 0.0756 e. The summed E-state index contributed by atoms with van der Waals surface area (Å²) in [7, 11) is 0. The Hall–Kier alpha value is -0.110. The highest BCUT2D eigenvalue weighted by atomic mass is 32.1. The molecule has 1 fully saturated rings. The van der Waals surface area contributed by atoms with E-state index < -0.39 is 0 Å². The Bertz CT molecular complexity index is 146. The average molecular weight is 157 g/mol. The van der Waals surface area contributed by atoms with E-state index in [0.29, 0.717) is 11.5 Å². The lowest BCUT2D eigenvalue weighted by molar-refractivity contribution is 0.303. The molecule has 0 aromatic rings. The molecule has 1 aliphatic rings. The number of nitrogens with one attached hydrogen (secondary N) is 1. The van der Waals surface area contributed by atoms with Gasteiger partial charge in [0, 0.05) is 6.04 Å². The van der Waals surface area contributed by atoms with Crippen LogP contribution in [0.2, 0.25) is 0 Å². The van der Waals surface area contributed by atoms with E-state index in [4.69, 9.17) is 12.2 Å². The molecule has 1 unspecified atom stereocenters. The Morgan fingerprint density at radius 1 is 1.50 bits per heavy atom. The second kappa shape index (κ2) is 2.50. The highest BCUT2D eigenvalue weighted by molar-refractivity contribution is 7.80. The molecule has 1 atom stereocenters. The molecule has 2 heteroatoms. The van der Waals surface area contributed by atoms with Crippen molar-refractivity contribution in [3.8, 4) is 0 Å². The van der Waals surface area contributed by atoms with Gasteiger partial charge in [-0.3, -0.25) is 0 Å². The van der Waals surface area contributed by atoms with Gasteiger partial charge in [0.25, 0.3) is 0 Å². The fourth-order valence-corrected chi connectivity index (χ4v) is 1.52. The first-order valence-electron chi connectivity index (χ1n) is 3.79. The SMILES string of the molecule is CC(C)(C)C1CCC(=S)N1. The molecule has 1 aliphatic heterocycles. The van der Waals surface area contributed by atoms with Gasteiger partial charge in [0.05, 0.1) is 4.99 Å². The normalized spacial score (nSPS) is 26.7. The van der Waals surface area contributed by atoms with E-state index in [9.17, 15) is 0 Å². The first kappa shape index (κ1) is 7.99. The Kier molecular flexibility index (Phi) is 1.99. The molecule has 1 nitrogen and oxygen atoms in total. The first-order valence-corrected chi connectivity index (χ1v) is 4.20. The van der Waals surface area contributed by atoms with Crippen LogP contribution in [0.25, 0.3) is 0 Å². The summed E-state index contributed by atoms with van der Waals surface area (Å²) >= 11 is 5.05. The zero-order valence-corrected chi connectivity index (χ0v) is 7.72. The molecule has 10 heavy (non-hydrogen) atoms. The maximum atomic E-state index is 5.05. The molecule has 0 bridgehead atoms. The standard InChI is InChI=1S/C8H15NS/c1-8(2,3)6-4-5-7(10)9-6/h6H,4-5H2,1-3H3,(H,9,10). The summed E-state index contributed by atoms with van der Waals surface area (Å²) in [6, 6.07) is 0.597. The van der Waals surface area contributed by atoms with Crippen molar-refractivity contribution in [3.63, 3.8) is 0 Å². The van der Waals surface area contributed by atoms with Crippen LogP contribution < -0.4 is 5.32 Å². The quantitative estimate of drug-likeness (QED) is 0.540. The summed E-state index contributed by atoms with van der Waals surface area (Å²) in [5.74, 6) is 0. The van der Waals surface area contributed by atoms with Gasteiger partial charge < -0.3 is 5.32 Å². The zero-order chi connectivity index (χ0) is 7.78. The molecule has 1 heterocycles. The van der Waals surface area contributed by atoms with Crippen molar-refractivity contribution < 1.29 is 0 Å². The molecular formula is C8H15NS. The van der Waals surface area contributed by atoms with Gasteiger partial charge in [0.2, 0.25) is 0 Å². The van der Waals surface area contributed by atoms with E-state index in [-0.39, 0.29) is 0 Å². The summed E-state index contributed by atoms with van der Waals surface area (Å²) in [5, 5.41) is 3.33. The number of thiocarbonyl (C=S) groups is 1. The van der Waals surface area contributed by atoms with E-state index in [0.717, 1.165) is 11.4 Å². The van der Waals surface area contributed by atoms with Crippen LogP contribution in [0.3, 0.4) is 0 Å². The van der Waals surface area contributed by atoms with Gasteiger partial charge in [0.1, 0.15) is 0 Å². The summed E-state index contributed by atoms with van der Waals surface area (Å²) in [6.07, 6.45) is 2.29. The predicted octanol–water partition coefficient (Wildman–Crippen LogP) is 2.11. The predicted molar refractivity (Wildman–Crippen MR) is 48.2 cm³/mol. The Labute approximate surface area is 68.2 Å². The van der Waals surface area contributed by atoms with Crippen molar-refractivity contribution >= 4 is 17.2 Å². The highest BCUT2D eigenvalue weighted by Crippen LogP contribution is 2.26. The molecule has 1 N–H and O–H groups in total. The monoisotopic (exact) mass is 157 g/mol. The molecule has 0 amide bonds. The van der Waals surface area contributed by atoms with Crippen LogP contribution in [-0.4, -0.2) is 11.0 Å². The molecule has 0 radical (unpaired) electrons. The third kappa shape index (κ3) is 1.69. The summed E-state index contributed by atoms with van der Waals surface area (Å²) in [4.78, 5) is 1.04. The van der Waals surface area contributed by atoms with Gasteiger partial charge in [-0.2, -0.15) is 0 Å². The number of hydrogen-bond donors (Lipinski definition) is 1. The Balaban J connectivity index is 2.53. The molecule has 58 valence electrons. The van der Waals surface area contributed by atoms with E-state index in [1.165, 1.54) is 6.42 Å². The smallest absolute Gasteiger partial charge is 0.0756 e. The van der Waals surface area contributed by atoms with E-state index in [2.05, 4.69) is 26.1 Å². The topological polar surface area (TPSA) is 12.0 Å². The van der Waals surface area contributed by atoms with Crippen molar-refractivity contribution in [2.24, 2.45) is 5.41 Å². The molecule has 1 rings (SSSR count). The summed E-state index contributed by atoms with van der Waals surface area (Å²) in [5.41, 5.74) is 0.362. The van der Waals surface area contributed by atoms with Crippen LogP contribution in [0.5, 0.6) is 0 Å². The van der Waals surface area contributed by atoms with Crippen LogP contribution >= 0.6 is 12.2 Å². The van der Waals surface area contributed by atoms with Crippen molar-refractivity contribution in [2.45, 2.75) is 39.7 Å². The minimum Gasteiger partial charge on any atom is -0.376 e. The van der Waals surface area contributed by atoms with Crippen molar-refractivity contribution in [3.05, 3.63) is 0 Å². The van der Waals surface area contributed by atoms with Gasteiger partial charge >= 0.3 is 0 Å². The number of hydrogen-bond acceptors (Lipinski definition) is 1. The van der Waals surface area contributed by atoms with E-state index >= 15 is 0 Å². The maximum absolute atomic E-state index is 5.05. The van der Waals surface area contributed by atoms with Gasteiger partial charge in [-0.05, 0) is 18.3 Å². The lowest BCUT2D eigenvalue weighted by Gasteiger charge is -2.26. The minimum absolute atomic E-state index is 0.362. The fourth-order valence-electron chi connectivity index (χ4n) is 1.26. The molecule has 0 aromatic heterocycles. The Morgan fingerprint density at radius 3 is 2.30 bits per heavy atom. The van der Waals surface area contributed by atoms with Gasteiger partial charge in [-0.25, -0.2) is 0 Å². The lowest BCUT2D eigenvalue weighted by atomic mass is 9.86. The first-order chi connectivity index (χ1) is 4.50. The minimum atomic E-state index is 0.362. The zero-order valence-electron chi connectivity index (χ0n) is 6.90. The summed E-state index contributed by atoms with van der Waals surface area (Å²) < 4.78 is 0. The van der Waals surface area contributed by atoms with Crippen LogP contribution in [0.15, 0.2) is 0 Å². The van der Waals surface area contributed by atoms with Gasteiger partial charge in [-0.1, -0.05) is 33.0 Å². The lowest BCUT2D eigenvalue weighted by Crippen LogP contribution is -2.36.